The van der Waals surface area contributed by atoms with E-state index in [1.807, 2.05) is 37.3 Å². The van der Waals surface area contributed by atoms with E-state index in [-0.39, 0.29) is 12.5 Å². The molecule has 0 saturated carbocycles. The van der Waals surface area contributed by atoms with Crippen LogP contribution >= 0.6 is 0 Å². The molecule has 106 valence electrons. The van der Waals surface area contributed by atoms with E-state index in [9.17, 15) is 4.79 Å². The van der Waals surface area contributed by atoms with Crippen molar-refractivity contribution >= 4 is 11.6 Å². The molecule has 1 aromatic heterocycles. The Morgan fingerprint density at radius 3 is 2.57 bits per heavy atom. The number of benzene rings is 1. The molecule has 0 aliphatic heterocycles. The molecule has 21 heavy (non-hydrogen) atoms. The first-order valence-electron chi connectivity index (χ1n) is 6.69. The van der Waals surface area contributed by atoms with Crippen molar-refractivity contribution in [2.75, 3.05) is 18.1 Å². The van der Waals surface area contributed by atoms with Gasteiger partial charge in [-0.3, -0.25) is 4.79 Å². The number of aliphatic hydroxyl groups excluding tert-OH is 1. The number of nitrogens with zero attached hydrogens (tertiary/aromatic N) is 2. The van der Waals surface area contributed by atoms with Gasteiger partial charge in [-0.05, 0) is 31.2 Å². The number of carbonyl (C=O) groups is 1. The van der Waals surface area contributed by atoms with Crippen molar-refractivity contribution in [1.29, 1.82) is 0 Å². The van der Waals surface area contributed by atoms with E-state index in [1.165, 1.54) is 6.20 Å². The second-order valence-corrected chi connectivity index (χ2v) is 4.28. The van der Waals surface area contributed by atoms with Gasteiger partial charge in [0.05, 0.1) is 0 Å². The average molecular weight is 280 g/mol. The number of pyridine rings is 1. The van der Waals surface area contributed by atoms with Gasteiger partial charge in [-0.15, -0.1) is 0 Å². The average Bonchev–Trinajstić information content (AvgIpc) is 2.55. The predicted octanol–water partition coefficient (Wildman–Crippen LogP) is 2.09. The summed E-state index contributed by atoms with van der Waals surface area (Å²) >= 11 is 0. The van der Waals surface area contributed by atoms with Crippen LogP contribution in [0, 0.1) is 11.8 Å². The number of hydrogen-bond donors (Lipinski definition) is 1. The van der Waals surface area contributed by atoms with Crippen LogP contribution in [0.2, 0.25) is 0 Å². The van der Waals surface area contributed by atoms with Crippen molar-refractivity contribution in [3.63, 3.8) is 0 Å². The van der Waals surface area contributed by atoms with E-state index < -0.39 is 0 Å². The van der Waals surface area contributed by atoms with Crippen LogP contribution in [0.15, 0.2) is 48.7 Å². The molecule has 0 fully saturated rings. The molecule has 1 aromatic carbocycles. The molecule has 1 amide bonds. The van der Waals surface area contributed by atoms with Gasteiger partial charge in [0.15, 0.2) is 0 Å². The molecule has 1 N–H and O–H groups in total. The Kier molecular flexibility index (Phi) is 5.08. The van der Waals surface area contributed by atoms with Crippen LogP contribution in [-0.2, 0) is 0 Å². The molecule has 4 nitrogen and oxygen atoms in total. The van der Waals surface area contributed by atoms with Crippen molar-refractivity contribution in [3.8, 4) is 11.8 Å². The number of carbonyl (C=O) groups excluding carboxylic acids is 1. The topological polar surface area (TPSA) is 53.4 Å². The molecule has 0 radical (unpaired) electrons. The monoisotopic (exact) mass is 280 g/mol. The molecule has 0 aliphatic rings. The maximum absolute atomic E-state index is 12.5. The maximum Gasteiger partial charge on any atom is 0.276 e. The summed E-state index contributed by atoms with van der Waals surface area (Å²) in [7, 11) is 0. The maximum atomic E-state index is 12.5. The van der Waals surface area contributed by atoms with Crippen LogP contribution in [0.3, 0.4) is 0 Å². The highest BCUT2D eigenvalue weighted by molar-refractivity contribution is 6.04. The fourth-order valence-corrected chi connectivity index (χ4v) is 1.93. The summed E-state index contributed by atoms with van der Waals surface area (Å²) < 4.78 is 0. The molecule has 0 aliphatic carbocycles. The summed E-state index contributed by atoms with van der Waals surface area (Å²) in [6.45, 7) is 2.29. The van der Waals surface area contributed by atoms with E-state index in [4.69, 9.17) is 5.11 Å². The van der Waals surface area contributed by atoms with Gasteiger partial charge in [0.1, 0.15) is 12.3 Å². The SMILES string of the molecule is CCN(C(=O)c1ccc(C#CCO)cn1)c1ccccc1. The summed E-state index contributed by atoms with van der Waals surface area (Å²) in [6, 6.07) is 12.9. The van der Waals surface area contributed by atoms with E-state index >= 15 is 0 Å². The molecular weight excluding hydrogens is 264 g/mol. The van der Waals surface area contributed by atoms with Gasteiger partial charge in [0, 0.05) is 24.0 Å². The molecule has 2 rings (SSSR count). The molecule has 0 spiro atoms. The number of anilines is 1. The fraction of sp³-hybridized carbons (Fsp3) is 0.176. The van der Waals surface area contributed by atoms with E-state index in [2.05, 4.69) is 16.8 Å². The Bertz CT molecular complexity index is 655. The molecule has 0 unspecified atom stereocenters. The van der Waals surface area contributed by atoms with Crippen molar-refractivity contribution in [2.24, 2.45) is 0 Å². The number of hydrogen-bond acceptors (Lipinski definition) is 3. The molecule has 4 heteroatoms. The first-order valence-corrected chi connectivity index (χ1v) is 6.69. The Balaban J connectivity index is 2.22. The summed E-state index contributed by atoms with van der Waals surface area (Å²) in [5.41, 5.74) is 1.88. The Labute approximate surface area is 124 Å². The third-order valence-electron chi connectivity index (χ3n) is 2.92. The quantitative estimate of drug-likeness (QED) is 0.876. The Hall–Kier alpha value is -2.64. The largest absolute Gasteiger partial charge is 0.384 e. The summed E-state index contributed by atoms with van der Waals surface area (Å²) in [4.78, 5) is 18.3. The van der Waals surface area contributed by atoms with Crippen LogP contribution in [0.4, 0.5) is 5.69 Å². The lowest BCUT2D eigenvalue weighted by atomic mass is 10.2. The van der Waals surface area contributed by atoms with Gasteiger partial charge in [0.2, 0.25) is 0 Å². The van der Waals surface area contributed by atoms with Crippen LogP contribution < -0.4 is 4.90 Å². The van der Waals surface area contributed by atoms with Gasteiger partial charge in [-0.25, -0.2) is 4.98 Å². The Morgan fingerprint density at radius 2 is 2.00 bits per heavy atom. The van der Waals surface area contributed by atoms with E-state index in [1.54, 1.807) is 17.0 Å². The number of aromatic nitrogens is 1. The lowest BCUT2D eigenvalue weighted by Crippen LogP contribution is -2.31. The van der Waals surface area contributed by atoms with E-state index in [0.717, 1.165) is 5.69 Å². The lowest BCUT2D eigenvalue weighted by Gasteiger charge is -2.20. The number of aliphatic hydroxyl groups is 1. The highest BCUT2D eigenvalue weighted by Gasteiger charge is 2.16. The molecule has 1 heterocycles. The third kappa shape index (κ3) is 3.68. The predicted molar refractivity (Wildman–Crippen MR) is 82.0 cm³/mol. The normalized spacial score (nSPS) is 9.62. The number of amides is 1. The summed E-state index contributed by atoms with van der Waals surface area (Å²) in [5, 5.41) is 8.65. The van der Waals surface area contributed by atoms with Crippen molar-refractivity contribution in [1.82, 2.24) is 4.98 Å². The first kappa shape index (κ1) is 14.8. The second-order valence-electron chi connectivity index (χ2n) is 4.28. The van der Waals surface area contributed by atoms with Crippen LogP contribution in [0.25, 0.3) is 0 Å². The Morgan fingerprint density at radius 1 is 1.24 bits per heavy atom. The fourth-order valence-electron chi connectivity index (χ4n) is 1.93. The minimum atomic E-state index is -0.196. The smallest absolute Gasteiger partial charge is 0.276 e. The van der Waals surface area contributed by atoms with Crippen molar-refractivity contribution in [3.05, 3.63) is 59.9 Å². The van der Waals surface area contributed by atoms with Gasteiger partial charge in [-0.1, -0.05) is 30.0 Å². The number of para-hydroxylation sites is 1. The van der Waals surface area contributed by atoms with Crippen LogP contribution in [-0.4, -0.2) is 29.1 Å². The van der Waals surface area contributed by atoms with Gasteiger partial charge in [-0.2, -0.15) is 0 Å². The molecule has 0 saturated heterocycles. The van der Waals surface area contributed by atoms with Gasteiger partial charge in [0.25, 0.3) is 5.91 Å². The third-order valence-corrected chi connectivity index (χ3v) is 2.92. The standard InChI is InChI=1S/C17H16N2O2/c1-2-19(15-8-4-3-5-9-15)17(21)16-11-10-14(13-18-16)7-6-12-20/h3-5,8-11,13,20H,2,12H2,1H3. The summed E-state index contributed by atoms with van der Waals surface area (Å²) in [6.07, 6.45) is 1.54. The van der Waals surface area contributed by atoms with Crippen molar-refractivity contribution in [2.45, 2.75) is 6.92 Å². The molecule has 0 atom stereocenters. The van der Waals surface area contributed by atoms with Gasteiger partial charge < -0.3 is 10.0 Å². The molecular formula is C17H16N2O2. The van der Waals surface area contributed by atoms with Gasteiger partial charge >= 0.3 is 0 Å². The second kappa shape index (κ2) is 7.22. The van der Waals surface area contributed by atoms with Crippen LogP contribution in [0.5, 0.6) is 0 Å². The zero-order valence-electron chi connectivity index (χ0n) is 11.8. The summed E-state index contributed by atoms with van der Waals surface area (Å²) in [5.74, 6) is 5.14. The van der Waals surface area contributed by atoms with Crippen LogP contribution in [0.1, 0.15) is 23.0 Å². The van der Waals surface area contributed by atoms with E-state index in [0.29, 0.717) is 17.8 Å². The molecule has 0 bridgehead atoms. The zero-order valence-corrected chi connectivity index (χ0v) is 11.8. The minimum absolute atomic E-state index is 0.148. The highest BCUT2D eigenvalue weighted by Crippen LogP contribution is 2.15. The number of rotatable bonds is 3. The lowest BCUT2D eigenvalue weighted by molar-refractivity contribution is 0.0983. The zero-order chi connectivity index (χ0) is 15.1. The highest BCUT2D eigenvalue weighted by atomic mass is 16.2. The van der Waals surface area contributed by atoms with Crippen molar-refractivity contribution < 1.29 is 9.90 Å². The first-order chi connectivity index (χ1) is 10.3. The molecule has 2 aromatic rings. The minimum Gasteiger partial charge on any atom is -0.384 e.